The van der Waals surface area contributed by atoms with Crippen LogP contribution < -0.4 is 5.32 Å². The molecule has 1 aliphatic carbocycles. The quantitative estimate of drug-likeness (QED) is 0.795. The van der Waals surface area contributed by atoms with Crippen molar-refractivity contribution < 1.29 is 22.4 Å². The van der Waals surface area contributed by atoms with Crippen LogP contribution in [0.2, 0.25) is 0 Å². The van der Waals surface area contributed by atoms with Gasteiger partial charge in [0.25, 0.3) is 0 Å². The highest BCUT2D eigenvalue weighted by molar-refractivity contribution is 5.79. The smallest absolute Gasteiger partial charge is 0.355 e. The SMILES string of the molecule is CC(C)(CNC(=O)C1CCCCC1C(F)(F)F)c1ccccc1F. The minimum Gasteiger partial charge on any atom is -0.355 e. The molecular weight excluding hydrogens is 322 g/mol. The van der Waals surface area contributed by atoms with Crippen molar-refractivity contribution in [2.75, 3.05) is 6.54 Å². The Kier molecular flexibility index (Phi) is 5.56. The van der Waals surface area contributed by atoms with Gasteiger partial charge in [-0.25, -0.2) is 4.39 Å². The maximum atomic E-state index is 13.9. The Balaban J connectivity index is 2.05. The number of hydrogen-bond donors (Lipinski definition) is 1. The van der Waals surface area contributed by atoms with Gasteiger partial charge in [-0.15, -0.1) is 0 Å². The lowest BCUT2D eigenvalue weighted by atomic mass is 9.77. The molecule has 0 heterocycles. The summed E-state index contributed by atoms with van der Waals surface area (Å²) in [5, 5.41) is 2.61. The van der Waals surface area contributed by atoms with Gasteiger partial charge in [0.1, 0.15) is 5.82 Å². The van der Waals surface area contributed by atoms with Crippen molar-refractivity contribution in [3.63, 3.8) is 0 Å². The number of carbonyl (C=O) groups is 1. The van der Waals surface area contributed by atoms with E-state index in [4.69, 9.17) is 0 Å². The summed E-state index contributed by atoms with van der Waals surface area (Å²) < 4.78 is 53.3. The summed E-state index contributed by atoms with van der Waals surface area (Å²) in [6.07, 6.45) is -2.99. The molecule has 1 aliphatic rings. The average Bonchev–Trinajstić information content (AvgIpc) is 2.52. The molecule has 0 spiro atoms. The first-order valence-electron chi connectivity index (χ1n) is 8.22. The van der Waals surface area contributed by atoms with Crippen molar-refractivity contribution in [3.8, 4) is 0 Å². The van der Waals surface area contributed by atoms with Gasteiger partial charge in [-0.2, -0.15) is 13.2 Å². The van der Waals surface area contributed by atoms with E-state index in [1.54, 1.807) is 32.0 Å². The van der Waals surface area contributed by atoms with E-state index >= 15 is 0 Å². The summed E-state index contributed by atoms with van der Waals surface area (Å²) in [7, 11) is 0. The monoisotopic (exact) mass is 345 g/mol. The van der Waals surface area contributed by atoms with Crippen LogP contribution in [0.4, 0.5) is 17.6 Å². The molecule has 2 unspecified atom stereocenters. The maximum Gasteiger partial charge on any atom is 0.392 e. The number of carbonyl (C=O) groups excluding carboxylic acids is 1. The zero-order valence-corrected chi connectivity index (χ0v) is 13.9. The largest absolute Gasteiger partial charge is 0.392 e. The van der Waals surface area contributed by atoms with E-state index in [0.29, 0.717) is 18.4 Å². The Bertz CT molecular complexity index is 583. The highest BCUT2D eigenvalue weighted by atomic mass is 19.4. The van der Waals surface area contributed by atoms with Gasteiger partial charge in [-0.1, -0.05) is 44.9 Å². The average molecular weight is 345 g/mol. The fourth-order valence-corrected chi connectivity index (χ4v) is 3.38. The molecule has 0 radical (unpaired) electrons. The number of benzene rings is 1. The third-order valence-electron chi connectivity index (χ3n) is 4.83. The minimum absolute atomic E-state index is 0.00169. The fraction of sp³-hybridized carbons (Fsp3) is 0.611. The molecule has 24 heavy (non-hydrogen) atoms. The fourth-order valence-electron chi connectivity index (χ4n) is 3.38. The molecule has 134 valence electrons. The van der Waals surface area contributed by atoms with Gasteiger partial charge in [-0.05, 0) is 24.5 Å². The van der Waals surface area contributed by atoms with Gasteiger partial charge in [0.2, 0.25) is 5.91 Å². The lowest BCUT2D eigenvalue weighted by Gasteiger charge is -2.33. The molecule has 6 heteroatoms. The first-order chi connectivity index (χ1) is 11.1. The second-order valence-corrected chi connectivity index (χ2v) is 7.12. The molecular formula is C18H23F4NO. The van der Waals surface area contributed by atoms with Crippen molar-refractivity contribution in [1.29, 1.82) is 0 Å². The second-order valence-electron chi connectivity index (χ2n) is 7.12. The Morgan fingerprint density at radius 3 is 2.42 bits per heavy atom. The summed E-state index contributed by atoms with van der Waals surface area (Å²) in [6.45, 7) is 3.61. The summed E-state index contributed by atoms with van der Waals surface area (Å²) >= 11 is 0. The molecule has 0 aliphatic heterocycles. The van der Waals surface area contributed by atoms with Crippen LogP contribution in [0.3, 0.4) is 0 Å². The number of halogens is 4. The molecule has 1 aromatic carbocycles. The van der Waals surface area contributed by atoms with Gasteiger partial charge in [-0.3, -0.25) is 4.79 Å². The van der Waals surface area contributed by atoms with Gasteiger partial charge in [0.05, 0.1) is 5.92 Å². The second kappa shape index (κ2) is 7.11. The summed E-state index contributed by atoms with van der Waals surface area (Å²) in [5.74, 6) is -3.60. The third kappa shape index (κ3) is 4.28. The summed E-state index contributed by atoms with van der Waals surface area (Å²) in [6, 6.07) is 6.23. The highest BCUT2D eigenvalue weighted by Gasteiger charge is 2.48. The number of rotatable bonds is 4. The predicted octanol–water partition coefficient (Wildman–Crippen LogP) is 4.59. The molecule has 1 amide bonds. The van der Waals surface area contributed by atoms with E-state index in [2.05, 4.69) is 5.32 Å². The Morgan fingerprint density at radius 1 is 1.17 bits per heavy atom. The molecule has 0 saturated heterocycles. The normalized spacial score (nSPS) is 22.2. The minimum atomic E-state index is -4.36. The third-order valence-corrected chi connectivity index (χ3v) is 4.83. The van der Waals surface area contributed by atoms with Crippen LogP contribution in [0.1, 0.15) is 45.1 Å². The number of hydrogen-bond acceptors (Lipinski definition) is 1. The van der Waals surface area contributed by atoms with Crippen LogP contribution in [0, 0.1) is 17.7 Å². The molecule has 1 N–H and O–H groups in total. The highest BCUT2D eigenvalue weighted by Crippen LogP contribution is 2.41. The topological polar surface area (TPSA) is 29.1 Å². The molecule has 2 atom stereocenters. The van der Waals surface area contributed by atoms with E-state index in [0.717, 1.165) is 0 Å². The molecule has 2 nitrogen and oxygen atoms in total. The Morgan fingerprint density at radius 2 is 1.79 bits per heavy atom. The zero-order chi connectivity index (χ0) is 18.0. The van der Waals surface area contributed by atoms with Crippen molar-refractivity contribution in [2.45, 2.75) is 51.1 Å². The molecule has 2 rings (SSSR count). The van der Waals surface area contributed by atoms with Crippen molar-refractivity contribution in [3.05, 3.63) is 35.6 Å². The Hall–Kier alpha value is -1.59. The van der Waals surface area contributed by atoms with Gasteiger partial charge in [0.15, 0.2) is 0 Å². The maximum absolute atomic E-state index is 13.9. The van der Waals surface area contributed by atoms with Crippen molar-refractivity contribution in [2.24, 2.45) is 11.8 Å². The van der Waals surface area contributed by atoms with Gasteiger partial charge in [0, 0.05) is 17.9 Å². The molecule has 1 aromatic rings. The summed E-state index contributed by atoms with van der Waals surface area (Å²) in [4.78, 5) is 12.3. The number of nitrogens with one attached hydrogen (secondary N) is 1. The lowest BCUT2D eigenvalue weighted by Crippen LogP contribution is -2.45. The predicted molar refractivity (Wildman–Crippen MR) is 83.9 cm³/mol. The zero-order valence-electron chi connectivity index (χ0n) is 13.9. The summed E-state index contributed by atoms with van der Waals surface area (Å²) in [5.41, 5.74) is -0.273. The van der Waals surface area contributed by atoms with Crippen LogP contribution in [0.25, 0.3) is 0 Å². The van der Waals surface area contributed by atoms with Crippen molar-refractivity contribution >= 4 is 5.91 Å². The van der Waals surface area contributed by atoms with E-state index in [1.165, 1.54) is 6.07 Å². The van der Waals surface area contributed by atoms with E-state index < -0.39 is 29.3 Å². The van der Waals surface area contributed by atoms with Crippen LogP contribution >= 0.6 is 0 Å². The lowest BCUT2D eigenvalue weighted by molar-refractivity contribution is -0.198. The van der Waals surface area contributed by atoms with Crippen LogP contribution in [0.5, 0.6) is 0 Å². The van der Waals surface area contributed by atoms with Crippen LogP contribution in [0.15, 0.2) is 24.3 Å². The van der Waals surface area contributed by atoms with Gasteiger partial charge >= 0.3 is 6.18 Å². The first-order valence-corrected chi connectivity index (χ1v) is 8.22. The van der Waals surface area contributed by atoms with E-state index in [-0.39, 0.29) is 25.2 Å². The molecule has 0 aromatic heterocycles. The number of amides is 1. The van der Waals surface area contributed by atoms with Crippen LogP contribution in [-0.4, -0.2) is 18.6 Å². The molecule has 0 bridgehead atoms. The van der Waals surface area contributed by atoms with E-state index in [9.17, 15) is 22.4 Å². The molecule has 1 fully saturated rings. The number of alkyl halides is 3. The standard InChI is InChI=1S/C18H23F4NO/c1-17(2,14-9-5-6-10-15(14)19)11-23-16(24)12-7-3-4-8-13(12)18(20,21)22/h5-6,9-10,12-13H,3-4,7-8,11H2,1-2H3,(H,23,24). The van der Waals surface area contributed by atoms with Gasteiger partial charge < -0.3 is 5.32 Å². The molecule has 1 saturated carbocycles. The van der Waals surface area contributed by atoms with Crippen LogP contribution in [-0.2, 0) is 10.2 Å². The first kappa shape index (κ1) is 18.7. The Labute approximate surface area is 139 Å². The van der Waals surface area contributed by atoms with Crippen molar-refractivity contribution in [1.82, 2.24) is 5.32 Å². The van der Waals surface area contributed by atoms with E-state index in [1.807, 2.05) is 0 Å².